The van der Waals surface area contributed by atoms with Crippen molar-refractivity contribution in [1.29, 1.82) is 0 Å². The smallest absolute Gasteiger partial charge is 0.238 e. The molecule has 1 aliphatic heterocycles. The predicted molar refractivity (Wildman–Crippen MR) is 129 cm³/mol. The molecule has 0 fully saturated rings. The molecule has 7 heteroatoms. The maximum Gasteiger partial charge on any atom is 0.238 e. The molecule has 2 aromatic heterocycles. The minimum atomic E-state index is 0.501. The van der Waals surface area contributed by atoms with Crippen LogP contribution in [0.15, 0.2) is 79.1 Å². The molecule has 0 bridgehead atoms. The quantitative estimate of drug-likeness (QED) is 0.405. The van der Waals surface area contributed by atoms with E-state index in [1.54, 1.807) is 19.5 Å². The first-order valence-electron chi connectivity index (χ1n) is 10.7. The molecular formula is C26H24N4O3. The van der Waals surface area contributed by atoms with E-state index in [0.29, 0.717) is 31.4 Å². The van der Waals surface area contributed by atoms with Crippen molar-refractivity contribution < 1.29 is 14.2 Å². The lowest BCUT2D eigenvalue weighted by Crippen LogP contribution is -2.16. The number of benzene rings is 2. The predicted octanol–water partition coefficient (Wildman–Crippen LogP) is 5.28. The van der Waals surface area contributed by atoms with Crippen LogP contribution in [0, 0.1) is 0 Å². The molecule has 7 nitrogen and oxygen atoms in total. The normalized spacial score (nSPS) is 12.2. The molecule has 166 valence electrons. The maximum atomic E-state index is 5.85. The van der Waals surface area contributed by atoms with Crippen LogP contribution in [0.2, 0.25) is 0 Å². The van der Waals surface area contributed by atoms with Crippen molar-refractivity contribution in [1.82, 2.24) is 9.97 Å². The van der Waals surface area contributed by atoms with Gasteiger partial charge in [0.2, 0.25) is 5.88 Å². The van der Waals surface area contributed by atoms with Crippen LogP contribution < -0.4 is 24.8 Å². The van der Waals surface area contributed by atoms with Crippen LogP contribution in [-0.4, -0.2) is 30.3 Å². The Hall–Kier alpha value is -4.26. The number of aromatic nitrogens is 2. The Morgan fingerprint density at radius 3 is 2.70 bits per heavy atom. The van der Waals surface area contributed by atoms with E-state index in [2.05, 4.69) is 27.8 Å². The summed E-state index contributed by atoms with van der Waals surface area (Å²) < 4.78 is 17.1. The van der Waals surface area contributed by atoms with Crippen molar-refractivity contribution in [2.24, 2.45) is 0 Å². The van der Waals surface area contributed by atoms with E-state index in [0.717, 1.165) is 39.6 Å². The minimum absolute atomic E-state index is 0.501. The van der Waals surface area contributed by atoms with Gasteiger partial charge >= 0.3 is 0 Å². The van der Waals surface area contributed by atoms with E-state index in [-0.39, 0.29) is 0 Å². The first-order chi connectivity index (χ1) is 16.3. The second kappa shape index (κ2) is 9.48. The third-order valence-corrected chi connectivity index (χ3v) is 5.26. The molecule has 0 spiro atoms. The number of anilines is 3. The van der Waals surface area contributed by atoms with Crippen LogP contribution in [-0.2, 0) is 6.54 Å². The third kappa shape index (κ3) is 4.67. The summed E-state index contributed by atoms with van der Waals surface area (Å²) in [5, 5.41) is 6.80. The summed E-state index contributed by atoms with van der Waals surface area (Å²) in [5.74, 6) is 1.95. The number of fused-ring (bicyclic) bond motifs is 1. The van der Waals surface area contributed by atoms with Crippen molar-refractivity contribution in [3.63, 3.8) is 0 Å². The van der Waals surface area contributed by atoms with Gasteiger partial charge in [0.15, 0.2) is 11.5 Å². The van der Waals surface area contributed by atoms with Crippen LogP contribution in [0.5, 0.6) is 17.4 Å². The lowest BCUT2D eigenvalue weighted by atomic mass is 10.1. The SMILES string of the molecule is COc1nc(-c2cccc3c2OCCO3)ccc1Nc1cccc(CNc2cccnc2)c1. The topological polar surface area (TPSA) is 77.5 Å². The molecule has 0 radical (unpaired) electrons. The molecule has 33 heavy (non-hydrogen) atoms. The molecule has 0 atom stereocenters. The van der Waals surface area contributed by atoms with Crippen LogP contribution in [0.4, 0.5) is 17.1 Å². The van der Waals surface area contributed by atoms with E-state index in [1.807, 2.05) is 54.6 Å². The highest BCUT2D eigenvalue weighted by Gasteiger charge is 2.18. The zero-order valence-electron chi connectivity index (χ0n) is 18.2. The summed E-state index contributed by atoms with van der Waals surface area (Å²) in [4.78, 5) is 8.86. The van der Waals surface area contributed by atoms with Gasteiger partial charge in [-0.3, -0.25) is 4.98 Å². The van der Waals surface area contributed by atoms with Gasteiger partial charge in [0, 0.05) is 30.2 Å². The van der Waals surface area contributed by atoms with E-state index >= 15 is 0 Å². The Balaban J connectivity index is 1.35. The minimum Gasteiger partial charge on any atom is -0.486 e. The zero-order valence-corrected chi connectivity index (χ0v) is 18.2. The maximum absolute atomic E-state index is 5.85. The number of hydrogen-bond acceptors (Lipinski definition) is 7. The Bertz CT molecular complexity index is 1250. The van der Waals surface area contributed by atoms with Gasteiger partial charge < -0.3 is 24.8 Å². The molecule has 2 aromatic carbocycles. The van der Waals surface area contributed by atoms with Gasteiger partial charge in [-0.25, -0.2) is 4.98 Å². The summed E-state index contributed by atoms with van der Waals surface area (Å²) >= 11 is 0. The Morgan fingerprint density at radius 1 is 0.939 bits per heavy atom. The van der Waals surface area contributed by atoms with Crippen molar-refractivity contribution in [3.8, 4) is 28.6 Å². The van der Waals surface area contributed by atoms with Crippen molar-refractivity contribution in [3.05, 3.63) is 84.7 Å². The van der Waals surface area contributed by atoms with Gasteiger partial charge in [-0.2, -0.15) is 0 Å². The summed E-state index contributed by atoms with van der Waals surface area (Å²) in [6, 6.07) is 21.8. The highest BCUT2D eigenvalue weighted by molar-refractivity contribution is 5.75. The summed E-state index contributed by atoms with van der Waals surface area (Å²) in [6.07, 6.45) is 3.57. The zero-order chi connectivity index (χ0) is 22.5. The molecule has 1 aliphatic rings. The number of rotatable bonds is 7. The van der Waals surface area contributed by atoms with Gasteiger partial charge in [-0.15, -0.1) is 0 Å². The third-order valence-electron chi connectivity index (χ3n) is 5.26. The largest absolute Gasteiger partial charge is 0.486 e. The molecule has 0 saturated carbocycles. The van der Waals surface area contributed by atoms with Crippen LogP contribution in [0.3, 0.4) is 0 Å². The molecule has 3 heterocycles. The Morgan fingerprint density at radius 2 is 1.82 bits per heavy atom. The molecule has 0 saturated heterocycles. The Kier molecular flexibility index (Phi) is 5.93. The molecular weight excluding hydrogens is 416 g/mol. The van der Waals surface area contributed by atoms with Gasteiger partial charge in [0.05, 0.1) is 18.5 Å². The van der Waals surface area contributed by atoms with Gasteiger partial charge in [0.1, 0.15) is 18.9 Å². The van der Waals surface area contributed by atoms with Gasteiger partial charge in [0.25, 0.3) is 0 Å². The fraction of sp³-hybridized carbons (Fsp3) is 0.154. The second-order valence-electron chi connectivity index (χ2n) is 7.50. The van der Waals surface area contributed by atoms with Gasteiger partial charge in [-0.05, 0) is 54.1 Å². The number of nitrogens with zero attached hydrogens (tertiary/aromatic N) is 2. The highest BCUT2D eigenvalue weighted by Crippen LogP contribution is 2.40. The molecule has 4 aromatic rings. The Labute approximate surface area is 192 Å². The summed E-state index contributed by atoms with van der Waals surface area (Å²) in [6.45, 7) is 1.76. The van der Waals surface area contributed by atoms with E-state index < -0.39 is 0 Å². The van der Waals surface area contributed by atoms with E-state index in [9.17, 15) is 0 Å². The number of ether oxygens (including phenoxy) is 3. The molecule has 0 amide bonds. The lowest BCUT2D eigenvalue weighted by Gasteiger charge is -2.21. The highest BCUT2D eigenvalue weighted by atomic mass is 16.6. The van der Waals surface area contributed by atoms with Crippen LogP contribution >= 0.6 is 0 Å². The van der Waals surface area contributed by atoms with Gasteiger partial charge in [-0.1, -0.05) is 18.2 Å². The fourth-order valence-corrected chi connectivity index (χ4v) is 3.70. The molecule has 5 rings (SSSR count). The summed E-state index contributed by atoms with van der Waals surface area (Å²) in [7, 11) is 1.62. The first-order valence-corrected chi connectivity index (χ1v) is 10.7. The average Bonchev–Trinajstić information content (AvgIpc) is 2.88. The van der Waals surface area contributed by atoms with Crippen molar-refractivity contribution >= 4 is 17.1 Å². The monoisotopic (exact) mass is 440 g/mol. The van der Waals surface area contributed by atoms with Crippen molar-refractivity contribution in [2.45, 2.75) is 6.54 Å². The number of pyridine rings is 2. The number of methoxy groups -OCH3 is 1. The standard InChI is InChI=1S/C26H24N4O3/c1-31-26-23(11-10-22(30-26)21-8-3-9-24-25(21)33-14-13-32-24)29-19-6-2-5-18(15-19)16-28-20-7-4-12-27-17-20/h2-12,15,17,28-29H,13-14,16H2,1H3. The molecule has 0 unspecified atom stereocenters. The number of para-hydroxylation sites is 1. The number of nitrogens with one attached hydrogen (secondary N) is 2. The van der Waals surface area contributed by atoms with Crippen LogP contribution in [0.25, 0.3) is 11.3 Å². The van der Waals surface area contributed by atoms with E-state index in [4.69, 9.17) is 19.2 Å². The number of hydrogen-bond donors (Lipinski definition) is 2. The second-order valence-corrected chi connectivity index (χ2v) is 7.50. The van der Waals surface area contributed by atoms with E-state index in [1.165, 1.54) is 0 Å². The fourth-order valence-electron chi connectivity index (χ4n) is 3.70. The lowest BCUT2D eigenvalue weighted by molar-refractivity contribution is 0.172. The summed E-state index contributed by atoms with van der Waals surface area (Å²) in [5.41, 5.74) is 5.48. The average molecular weight is 441 g/mol. The molecule has 2 N–H and O–H groups in total. The van der Waals surface area contributed by atoms with Crippen molar-refractivity contribution in [2.75, 3.05) is 31.0 Å². The molecule has 0 aliphatic carbocycles. The first kappa shape index (κ1) is 20.6. The van der Waals surface area contributed by atoms with Crippen LogP contribution in [0.1, 0.15) is 5.56 Å².